The monoisotopic (exact) mass is 478 g/mol. The number of nitrogens with one attached hydrogen (secondary N) is 1. The van der Waals surface area contributed by atoms with Gasteiger partial charge in [0.15, 0.2) is 0 Å². The average Bonchev–Trinajstić information content (AvgIpc) is 3.18. The topological polar surface area (TPSA) is 79.9 Å². The number of fused-ring (bicyclic) bond motifs is 3. The molecule has 1 N–H and O–H groups in total. The molecule has 7 heteroatoms. The largest absolute Gasteiger partial charge is 0.444 e. The number of nitriles is 1. The molecule has 0 saturated carbocycles. The van der Waals surface area contributed by atoms with Gasteiger partial charge in [-0.15, -0.1) is 0 Å². The predicted octanol–water partition coefficient (Wildman–Crippen LogP) is 7.20. The van der Waals surface area contributed by atoms with Crippen LogP contribution < -0.4 is 5.32 Å². The Labute approximate surface area is 207 Å². The summed E-state index contributed by atoms with van der Waals surface area (Å²) in [4.78, 5) is 16.5. The molecule has 6 nitrogen and oxygen atoms in total. The second-order valence-corrected chi connectivity index (χ2v) is 9.39. The Morgan fingerprint density at radius 3 is 2.50 bits per heavy atom. The van der Waals surface area contributed by atoms with Crippen molar-refractivity contribution in [2.24, 2.45) is 0 Å². The first kappa shape index (κ1) is 23.1. The van der Waals surface area contributed by atoms with Crippen molar-refractivity contribution in [3.63, 3.8) is 0 Å². The Morgan fingerprint density at radius 1 is 1.03 bits per heavy atom. The van der Waals surface area contributed by atoms with E-state index in [1.807, 2.05) is 59.2 Å². The Kier molecular flexibility index (Phi) is 5.65. The van der Waals surface area contributed by atoms with Crippen LogP contribution in [0.3, 0.4) is 0 Å². The van der Waals surface area contributed by atoms with Crippen LogP contribution in [0.2, 0.25) is 0 Å². The third kappa shape index (κ3) is 4.25. The molecule has 0 aliphatic rings. The van der Waals surface area contributed by atoms with E-state index in [1.54, 1.807) is 39.1 Å². The molecule has 0 aliphatic carbocycles. The summed E-state index contributed by atoms with van der Waals surface area (Å²) in [6.45, 7) is 5.39. The molecule has 5 rings (SSSR count). The van der Waals surface area contributed by atoms with E-state index in [0.29, 0.717) is 11.5 Å². The summed E-state index contributed by atoms with van der Waals surface area (Å²) in [7, 11) is 0. The lowest BCUT2D eigenvalue weighted by atomic mass is 10.0. The van der Waals surface area contributed by atoms with E-state index in [9.17, 15) is 9.18 Å². The van der Waals surface area contributed by atoms with Gasteiger partial charge in [-0.3, -0.25) is 5.32 Å². The summed E-state index contributed by atoms with van der Waals surface area (Å²) in [6.07, 6.45) is 1.14. The number of hydrogen-bond acceptors (Lipinski definition) is 4. The first-order chi connectivity index (χ1) is 17.2. The number of benzene rings is 3. The average molecular weight is 479 g/mol. The molecular weight excluding hydrogens is 455 g/mol. The summed E-state index contributed by atoms with van der Waals surface area (Å²) < 4.78 is 21.8. The highest BCUT2D eigenvalue weighted by molar-refractivity contribution is 6.15. The molecule has 2 heterocycles. The van der Waals surface area contributed by atoms with Crippen molar-refractivity contribution in [3.05, 3.63) is 90.4 Å². The Morgan fingerprint density at radius 2 is 1.81 bits per heavy atom. The highest BCUT2D eigenvalue weighted by Gasteiger charge is 2.18. The number of hydrogen-bond donors (Lipinski definition) is 1. The van der Waals surface area contributed by atoms with Crippen molar-refractivity contribution >= 4 is 33.7 Å². The standard InChI is InChI=1S/C29H23FN4O2/c1-29(2,3)36-28(35)33-26-14-12-19(17-32-26)21-8-6-10-25-27(21)22-7-4-5-9-24(22)34(25)20-13-11-18(16-31)23(30)15-20/h4-15,17H,1-3H3,(H,32,33,35). The van der Waals surface area contributed by atoms with Gasteiger partial charge in [0.2, 0.25) is 0 Å². The highest BCUT2D eigenvalue weighted by Crippen LogP contribution is 2.38. The van der Waals surface area contributed by atoms with Crippen LogP contribution in [0.15, 0.2) is 79.0 Å². The number of ether oxygens (including phenoxy) is 1. The smallest absolute Gasteiger partial charge is 0.413 e. The maximum absolute atomic E-state index is 14.5. The van der Waals surface area contributed by atoms with Crippen LogP contribution >= 0.6 is 0 Å². The molecule has 0 spiro atoms. The first-order valence-electron chi connectivity index (χ1n) is 11.4. The zero-order valence-electron chi connectivity index (χ0n) is 20.0. The fraction of sp³-hybridized carbons (Fsp3) is 0.138. The summed E-state index contributed by atoms with van der Waals surface area (Å²) in [6, 6.07) is 24.0. The van der Waals surface area contributed by atoms with Gasteiger partial charge < -0.3 is 9.30 Å². The van der Waals surface area contributed by atoms with Gasteiger partial charge in [0.05, 0.1) is 16.6 Å². The molecule has 0 radical (unpaired) electrons. The molecule has 0 aliphatic heterocycles. The lowest BCUT2D eigenvalue weighted by Crippen LogP contribution is -2.27. The molecule has 36 heavy (non-hydrogen) atoms. The van der Waals surface area contributed by atoms with Crippen LogP contribution in [0.25, 0.3) is 38.6 Å². The number of aromatic nitrogens is 2. The molecule has 5 aromatic rings. The summed E-state index contributed by atoms with van der Waals surface area (Å²) in [5.41, 5.74) is 3.66. The predicted molar refractivity (Wildman–Crippen MR) is 139 cm³/mol. The van der Waals surface area contributed by atoms with Crippen LogP contribution in [-0.4, -0.2) is 21.2 Å². The van der Waals surface area contributed by atoms with Crippen LogP contribution in [-0.2, 0) is 4.74 Å². The van der Waals surface area contributed by atoms with Crippen molar-refractivity contribution in [3.8, 4) is 22.9 Å². The van der Waals surface area contributed by atoms with E-state index in [4.69, 9.17) is 10.00 Å². The highest BCUT2D eigenvalue weighted by atomic mass is 19.1. The van der Waals surface area contributed by atoms with Crippen LogP contribution in [0.5, 0.6) is 0 Å². The minimum atomic E-state index is -0.605. The summed E-state index contributed by atoms with van der Waals surface area (Å²) >= 11 is 0. The normalized spacial score (nSPS) is 11.4. The van der Waals surface area contributed by atoms with Gasteiger partial charge in [-0.2, -0.15) is 5.26 Å². The van der Waals surface area contributed by atoms with Crippen LogP contribution in [0, 0.1) is 17.1 Å². The van der Waals surface area contributed by atoms with Crippen LogP contribution in [0.4, 0.5) is 15.0 Å². The zero-order chi connectivity index (χ0) is 25.4. The van der Waals surface area contributed by atoms with E-state index in [0.717, 1.165) is 32.9 Å². The first-order valence-corrected chi connectivity index (χ1v) is 11.4. The molecule has 3 aromatic carbocycles. The van der Waals surface area contributed by atoms with E-state index >= 15 is 0 Å². The SMILES string of the molecule is CC(C)(C)OC(=O)Nc1ccc(-c2cccc3c2c2ccccc2n3-c2ccc(C#N)c(F)c2)cn1. The number of amides is 1. The van der Waals surface area contributed by atoms with Crippen molar-refractivity contribution in [2.45, 2.75) is 26.4 Å². The quantitative estimate of drug-likeness (QED) is 0.297. The molecule has 0 fully saturated rings. The molecular formula is C29H23FN4O2. The summed E-state index contributed by atoms with van der Waals surface area (Å²) in [5.74, 6) is -0.176. The van der Waals surface area contributed by atoms with Gasteiger partial charge in [-0.25, -0.2) is 14.2 Å². The summed E-state index contributed by atoms with van der Waals surface area (Å²) in [5, 5.41) is 13.8. The molecule has 178 valence electrons. The number of halogens is 1. The van der Waals surface area contributed by atoms with Gasteiger partial charge in [-0.1, -0.05) is 30.3 Å². The minimum Gasteiger partial charge on any atom is -0.444 e. The van der Waals surface area contributed by atoms with Gasteiger partial charge in [0.25, 0.3) is 0 Å². The molecule has 2 aromatic heterocycles. The van der Waals surface area contributed by atoms with Crippen molar-refractivity contribution < 1.29 is 13.9 Å². The number of carbonyl (C=O) groups is 1. The number of para-hydroxylation sites is 1. The van der Waals surface area contributed by atoms with E-state index in [2.05, 4.69) is 10.3 Å². The fourth-order valence-electron chi connectivity index (χ4n) is 4.31. The molecule has 0 bridgehead atoms. The van der Waals surface area contributed by atoms with Crippen molar-refractivity contribution in [1.29, 1.82) is 5.26 Å². The Hall–Kier alpha value is -4.70. The van der Waals surface area contributed by atoms with Crippen molar-refractivity contribution in [1.82, 2.24) is 9.55 Å². The second-order valence-electron chi connectivity index (χ2n) is 9.39. The van der Waals surface area contributed by atoms with Gasteiger partial charge in [0, 0.05) is 28.2 Å². The van der Waals surface area contributed by atoms with E-state index in [-0.39, 0.29) is 5.56 Å². The second kappa shape index (κ2) is 8.82. The number of nitrogens with zero attached hydrogens (tertiary/aromatic N) is 3. The Balaban J connectivity index is 1.61. The number of carbonyl (C=O) groups excluding carboxylic acids is 1. The molecule has 0 saturated heterocycles. The maximum atomic E-state index is 14.5. The van der Waals surface area contributed by atoms with Gasteiger partial charge in [0.1, 0.15) is 23.3 Å². The van der Waals surface area contributed by atoms with E-state index < -0.39 is 17.5 Å². The van der Waals surface area contributed by atoms with Gasteiger partial charge in [-0.05, 0) is 68.8 Å². The minimum absolute atomic E-state index is 0.00589. The van der Waals surface area contributed by atoms with E-state index in [1.165, 1.54) is 12.1 Å². The van der Waals surface area contributed by atoms with Crippen LogP contribution in [0.1, 0.15) is 26.3 Å². The lowest BCUT2D eigenvalue weighted by molar-refractivity contribution is 0.0635. The zero-order valence-corrected chi connectivity index (χ0v) is 20.0. The third-order valence-corrected chi connectivity index (χ3v) is 5.73. The fourth-order valence-corrected chi connectivity index (χ4v) is 4.31. The lowest BCUT2D eigenvalue weighted by Gasteiger charge is -2.19. The molecule has 0 unspecified atom stereocenters. The Bertz CT molecular complexity index is 1660. The molecule has 0 atom stereocenters. The number of rotatable bonds is 3. The van der Waals surface area contributed by atoms with Gasteiger partial charge >= 0.3 is 6.09 Å². The number of pyridine rings is 1. The maximum Gasteiger partial charge on any atom is 0.413 e. The number of anilines is 1. The molecule has 1 amide bonds. The third-order valence-electron chi connectivity index (χ3n) is 5.73. The van der Waals surface area contributed by atoms with Crippen molar-refractivity contribution in [2.75, 3.05) is 5.32 Å².